The Kier molecular flexibility index (Phi) is 6.00. The number of anilines is 2. The number of hydrogen-bond acceptors (Lipinski definition) is 5. The number of carbonyl (C=O) groups excluding carboxylic acids is 2. The van der Waals surface area contributed by atoms with E-state index in [2.05, 4.69) is 15.6 Å². The first-order chi connectivity index (χ1) is 15.5. The number of thiophene rings is 1. The van der Waals surface area contributed by atoms with Crippen LogP contribution in [0.1, 0.15) is 21.5 Å². The van der Waals surface area contributed by atoms with Crippen LogP contribution in [0.5, 0.6) is 0 Å². The first kappa shape index (κ1) is 21.3. The Morgan fingerprint density at radius 3 is 2.62 bits per heavy atom. The molecule has 2 aromatic carbocycles. The summed E-state index contributed by atoms with van der Waals surface area (Å²) < 4.78 is 0.962. The fourth-order valence-corrected chi connectivity index (χ4v) is 4.47. The van der Waals surface area contributed by atoms with E-state index in [1.54, 1.807) is 36.7 Å². The highest BCUT2D eigenvalue weighted by Gasteiger charge is 2.14. The SMILES string of the molecule is CNC(=O)/C=C/c1cnc(N)c2c(-c3ccc(NC(=O)c4cccc(C)c4)cc3)csc12. The van der Waals surface area contributed by atoms with Crippen molar-refractivity contribution in [3.8, 4) is 11.1 Å². The van der Waals surface area contributed by atoms with E-state index < -0.39 is 0 Å². The molecule has 32 heavy (non-hydrogen) atoms. The second-order valence-electron chi connectivity index (χ2n) is 7.30. The number of rotatable bonds is 5. The van der Waals surface area contributed by atoms with Crippen LogP contribution in [0.15, 0.2) is 66.2 Å². The molecular weight excluding hydrogens is 420 g/mol. The van der Waals surface area contributed by atoms with Crippen LogP contribution in [-0.2, 0) is 4.79 Å². The smallest absolute Gasteiger partial charge is 0.255 e. The lowest BCUT2D eigenvalue weighted by atomic mass is 10.0. The predicted molar refractivity (Wildman–Crippen MR) is 132 cm³/mol. The van der Waals surface area contributed by atoms with Crippen molar-refractivity contribution in [2.45, 2.75) is 6.92 Å². The van der Waals surface area contributed by atoms with Crippen molar-refractivity contribution in [3.63, 3.8) is 0 Å². The summed E-state index contributed by atoms with van der Waals surface area (Å²) in [6.07, 6.45) is 4.87. The van der Waals surface area contributed by atoms with Crippen molar-refractivity contribution < 1.29 is 9.59 Å². The molecule has 0 spiro atoms. The third-order valence-corrected chi connectivity index (χ3v) is 6.08. The molecule has 0 radical (unpaired) electrons. The molecule has 0 aliphatic heterocycles. The number of nitrogens with zero attached hydrogens (tertiary/aromatic N) is 1. The summed E-state index contributed by atoms with van der Waals surface area (Å²) in [6.45, 7) is 1.96. The van der Waals surface area contributed by atoms with E-state index in [0.29, 0.717) is 17.1 Å². The minimum Gasteiger partial charge on any atom is -0.383 e. The zero-order valence-electron chi connectivity index (χ0n) is 17.7. The van der Waals surface area contributed by atoms with Gasteiger partial charge in [0, 0.05) is 51.8 Å². The van der Waals surface area contributed by atoms with Crippen molar-refractivity contribution in [2.75, 3.05) is 18.1 Å². The second kappa shape index (κ2) is 9.03. The molecule has 0 saturated carbocycles. The Morgan fingerprint density at radius 1 is 1.12 bits per heavy atom. The lowest BCUT2D eigenvalue weighted by molar-refractivity contribution is -0.115. The van der Waals surface area contributed by atoms with Crippen molar-refractivity contribution in [1.29, 1.82) is 0 Å². The van der Waals surface area contributed by atoms with Gasteiger partial charge in [0.15, 0.2) is 0 Å². The van der Waals surface area contributed by atoms with E-state index >= 15 is 0 Å². The average Bonchev–Trinajstić information content (AvgIpc) is 3.25. The van der Waals surface area contributed by atoms with E-state index in [1.165, 1.54) is 6.08 Å². The third kappa shape index (κ3) is 4.38. The normalized spacial score (nSPS) is 11.1. The van der Waals surface area contributed by atoms with Gasteiger partial charge in [-0.25, -0.2) is 4.98 Å². The van der Waals surface area contributed by atoms with Crippen LogP contribution < -0.4 is 16.4 Å². The molecule has 0 saturated heterocycles. The van der Waals surface area contributed by atoms with Crippen molar-refractivity contribution in [3.05, 3.63) is 82.9 Å². The predicted octanol–water partition coefficient (Wildman–Crippen LogP) is 4.87. The number of nitrogen functional groups attached to an aromatic ring is 1. The molecule has 2 amide bonds. The van der Waals surface area contributed by atoms with E-state index in [4.69, 9.17) is 5.73 Å². The molecule has 2 aromatic heterocycles. The fourth-order valence-electron chi connectivity index (χ4n) is 3.39. The van der Waals surface area contributed by atoms with Gasteiger partial charge in [-0.2, -0.15) is 0 Å². The molecule has 0 atom stereocenters. The van der Waals surface area contributed by atoms with Gasteiger partial charge < -0.3 is 16.4 Å². The highest BCUT2D eigenvalue weighted by atomic mass is 32.1. The van der Waals surface area contributed by atoms with E-state index in [1.807, 2.05) is 54.8 Å². The number of likely N-dealkylation sites (N-methyl/N-ethyl adjacent to an activating group) is 1. The van der Waals surface area contributed by atoms with Gasteiger partial charge in [-0.05, 0) is 48.2 Å². The van der Waals surface area contributed by atoms with Gasteiger partial charge >= 0.3 is 0 Å². The molecule has 4 rings (SSSR count). The van der Waals surface area contributed by atoms with Crippen molar-refractivity contribution in [1.82, 2.24) is 10.3 Å². The second-order valence-corrected chi connectivity index (χ2v) is 8.18. The summed E-state index contributed by atoms with van der Waals surface area (Å²) in [5.74, 6) is 0.101. The molecule has 0 fully saturated rings. The molecule has 160 valence electrons. The molecule has 4 N–H and O–H groups in total. The van der Waals surface area contributed by atoms with Gasteiger partial charge in [-0.3, -0.25) is 9.59 Å². The quantitative estimate of drug-likeness (QED) is 0.384. The minimum atomic E-state index is -0.185. The zero-order valence-corrected chi connectivity index (χ0v) is 18.5. The fraction of sp³-hybridized carbons (Fsp3) is 0.0800. The van der Waals surface area contributed by atoms with Crippen LogP contribution in [0.25, 0.3) is 27.3 Å². The maximum absolute atomic E-state index is 12.5. The summed E-state index contributed by atoms with van der Waals surface area (Å²) in [5, 5.41) is 8.37. The molecule has 0 bridgehead atoms. The summed E-state index contributed by atoms with van der Waals surface area (Å²) in [6, 6.07) is 15.1. The highest BCUT2D eigenvalue weighted by molar-refractivity contribution is 7.18. The summed E-state index contributed by atoms with van der Waals surface area (Å²) >= 11 is 1.55. The first-order valence-corrected chi connectivity index (χ1v) is 10.9. The van der Waals surface area contributed by atoms with Crippen LogP contribution >= 0.6 is 11.3 Å². The van der Waals surface area contributed by atoms with Gasteiger partial charge in [0.05, 0.1) is 0 Å². The Hall–Kier alpha value is -3.97. The maximum Gasteiger partial charge on any atom is 0.255 e. The number of carbonyl (C=O) groups is 2. The number of pyridine rings is 1. The largest absolute Gasteiger partial charge is 0.383 e. The maximum atomic E-state index is 12.5. The van der Waals surface area contributed by atoms with E-state index in [9.17, 15) is 9.59 Å². The molecule has 0 aliphatic rings. The molecule has 2 heterocycles. The average molecular weight is 443 g/mol. The number of nitrogens with two attached hydrogens (primary N) is 1. The molecule has 4 aromatic rings. The highest BCUT2D eigenvalue weighted by Crippen LogP contribution is 2.39. The molecule has 6 nitrogen and oxygen atoms in total. The summed E-state index contributed by atoms with van der Waals surface area (Å²) in [4.78, 5) is 28.4. The van der Waals surface area contributed by atoms with E-state index in [-0.39, 0.29) is 11.8 Å². The van der Waals surface area contributed by atoms with Gasteiger partial charge in [-0.1, -0.05) is 29.8 Å². The summed E-state index contributed by atoms with van der Waals surface area (Å²) in [5.41, 5.74) is 11.3. The monoisotopic (exact) mass is 442 g/mol. The molecule has 7 heteroatoms. The van der Waals surface area contributed by atoms with Gasteiger partial charge in [0.2, 0.25) is 5.91 Å². The molecular formula is C25H22N4O2S. The molecule has 0 aliphatic carbocycles. The lowest BCUT2D eigenvalue weighted by Gasteiger charge is -2.08. The number of amides is 2. The number of nitrogens with one attached hydrogen (secondary N) is 2. The summed E-state index contributed by atoms with van der Waals surface area (Å²) in [7, 11) is 1.58. The Morgan fingerprint density at radius 2 is 1.91 bits per heavy atom. The van der Waals surface area contributed by atoms with E-state index in [0.717, 1.165) is 32.3 Å². The standard InChI is InChI=1S/C25H22N4O2S/c1-15-4-3-5-17(12-15)25(31)29-19-9-6-16(7-10-19)20-14-32-23-18(8-11-21(30)27-2)13-28-24(26)22(20)23/h3-14H,1-2H3,(H2,26,28)(H,27,30)(H,29,31)/b11-8+. The van der Waals surface area contributed by atoms with Gasteiger partial charge in [0.1, 0.15) is 5.82 Å². The van der Waals surface area contributed by atoms with Crippen molar-refractivity contribution in [2.24, 2.45) is 0 Å². The lowest BCUT2D eigenvalue weighted by Crippen LogP contribution is -2.13. The number of benzene rings is 2. The van der Waals surface area contributed by atoms with Gasteiger partial charge in [-0.15, -0.1) is 11.3 Å². The number of aromatic nitrogens is 1. The Bertz CT molecular complexity index is 1340. The number of aryl methyl sites for hydroxylation is 1. The van der Waals surface area contributed by atoms with Crippen molar-refractivity contribution >= 4 is 50.8 Å². The van der Waals surface area contributed by atoms with Crippen LogP contribution in [0.4, 0.5) is 11.5 Å². The Labute approximate surface area is 189 Å². The molecule has 0 unspecified atom stereocenters. The number of hydrogen-bond donors (Lipinski definition) is 3. The van der Waals surface area contributed by atoms with Crippen LogP contribution in [0.3, 0.4) is 0 Å². The topological polar surface area (TPSA) is 97.1 Å². The number of fused-ring (bicyclic) bond motifs is 1. The minimum absolute atomic E-state index is 0.150. The third-order valence-electron chi connectivity index (χ3n) is 5.05. The zero-order chi connectivity index (χ0) is 22.7. The van der Waals surface area contributed by atoms with Gasteiger partial charge in [0.25, 0.3) is 5.91 Å². The van der Waals surface area contributed by atoms with Crippen LogP contribution in [0, 0.1) is 6.92 Å². The van der Waals surface area contributed by atoms with Crippen LogP contribution in [0.2, 0.25) is 0 Å². The van der Waals surface area contributed by atoms with Crippen LogP contribution in [-0.4, -0.2) is 23.8 Å². The Balaban J connectivity index is 1.61. The first-order valence-electron chi connectivity index (χ1n) is 10.00.